The van der Waals surface area contributed by atoms with Crippen LogP contribution in [-0.4, -0.2) is 29.9 Å². The van der Waals surface area contributed by atoms with Crippen molar-refractivity contribution in [3.8, 4) is 0 Å². The first kappa shape index (κ1) is 9.68. The maximum Gasteiger partial charge on any atom is 0.239 e. The number of carbonyl (C=O) groups excluding carboxylic acids is 1. The summed E-state index contributed by atoms with van der Waals surface area (Å²) in [7, 11) is 0. The van der Waals surface area contributed by atoms with Crippen molar-refractivity contribution in [2.45, 2.75) is 19.5 Å². The fraction of sp³-hybridized carbons (Fsp3) is 0.500. The van der Waals surface area contributed by atoms with Gasteiger partial charge in [-0.1, -0.05) is 0 Å². The number of piperazine rings is 1. The summed E-state index contributed by atoms with van der Waals surface area (Å²) in [5.74, 6) is 0.211. The van der Waals surface area contributed by atoms with Crippen LogP contribution >= 0.6 is 11.3 Å². The molecule has 1 amide bonds. The molecule has 1 aliphatic rings. The molecule has 0 aromatic carbocycles. The van der Waals surface area contributed by atoms with Gasteiger partial charge in [-0.3, -0.25) is 4.79 Å². The van der Waals surface area contributed by atoms with Gasteiger partial charge in [-0.05, 0) is 29.3 Å². The molecule has 0 radical (unpaired) electrons. The summed E-state index contributed by atoms with van der Waals surface area (Å²) in [6, 6.07) is 2.05. The van der Waals surface area contributed by atoms with E-state index in [9.17, 15) is 4.79 Å². The van der Waals surface area contributed by atoms with Gasteiger partial charge in [0.15, 0.2) is 0 Å². The maximum absolute atomic E-state index is 11.7. The van der Waals surface area contributed by atoms with E-state index >= 15 is 0 Å². The van der Waals surface area contributed by atoms with Gasteiger partial charge in [0.1, 0.15) is 0 Å². The molecule has 1 unspecified atom stereocenters. The van der Waals surface area contributed by atoms with Gasteiger partial charge in [0.2, 0.25) is 5.91 Å². The predicted molar refractivity (Wildman–Crippen MR) is 57.2 cm³/mol. The monoisotopic (exact) mass is 210 g/mol. The molecule has 1 aromatic heterocycles. The lowest BCUT2D eigenvalue weighted by molar-refractivity contribution is -0.135. The summed E-state index contributed by atoms with van der Waals surface area (Å²) in [6.45, 7) is 4.40. The number of rotatable bonds is 2. The van der Waals surface area contributed by atoms with Gasteiger partial charge < -0.3 is 10.2 Å². The van der Waals surface area contributed by atoms with E-state index in [1.165, 1.54) is 5.56 Å². The van der Waals surface area contributed by atoms with Crippen LogP contribution in [0.15, 0.2) is 16.8 Å². The first-order chi connectivity index (χ1) is 6.77. The van der Waals surface area contributed by atoms with Gasteiger partial charge in [0, 0.05) is 19.6 Å². The molecule has 3 nitrogen and oxygen atoms in total. The quantitative estimate of drug-likeness (QED) is 0.792. The highest BCUT2D eigenvalue weighted by Gasteiger charge is 2.24. The normalized spacial score (nSPS) is 22.8. The zero-order valence-corrected chi connectivity index (χ0v) is 9.01. The minimum atomic E-state index is -0.0256. The molecule has 0 bridgehead atoms. The highest BCUT2D eigenvalue weighted by Crippen LogP contribution is 2.11. The second kappa shape index (κ2) is 4.11. The van der Waals surface area contributed by atoms with E-state index in [-0.39, 0.29) is 11.9 Å². The lowest BCUT2D eigenvalue weighted by atomic mass is 10.2. The van der Waals surface area contributed by atoms with Crippen LogP contribution in [0.25, 0.3) is 0 Å². The smallest absolute Gasteiger partial charge is 0.239 e. The lowest BCUT2D eigenvalue weighted by Gasteiger charge is -2.31. The molecule has 0 saturated carbocycles. The van der Waals surface area contributed by atoms with E-state index in [2.05, 4.69) is 16.8 Å². The SMILES string of the molecule is CC1NCCN(Cc2ccsc2)C1=O. The second-order valence-electron chi connectivity index (χ2n) is 3.57. The fourth-order valence-electron chi connectivity index (χ4n) is 1.65. The van der Waals surface area contributed by atoms with Crippen LogP contribution in [0.1, 0.15) is 12.5 Å². The van der Waals surface area contributed by atoms with Gasteiger partial charge in [0.25, 0.3) is 0 Å². The number of amides is 1. The van der Waals surface area contributed by atoms with Crippen LogP contribution in [-0.2, 0) is 11.3 Å². The lowest BCUT2D eigenvalue weighted by Crippen LogP contribution is -2.53. The molecule has 1 aromatic rings. The Bertz CT molecular complexity index is 310. The van der Waals surface area contributed by atoms with E-state index in [1.807, 2.05) is 17.2 Å². The second-order valence-corrected chi connectivity index (χ2v) is 4.35. The van der Waals surface area contributed by atoms with Crippen molar-refractivity contribution in [2.24, 2.45) is 0 Å². The summed E-state index contributed by atoms with van der Waals surface area (Å²) < 4.78 is 0. The predicted octanol–water partition coefficient (Wildman–Crippen LogP) is 1.07. The molecule has 0 spiro atoms. The van der Waals surface area contributed by atoms with Crippen LogP contribution in [0.2, 0.25) is 0 Å². The molecular weight excluding hydrogens is 196 g/mol. The number of hydrogen-bond acceptors (Lipinski definition) is 3. The largest absolute Gasteiger partial charge is 0.336 e. The van der Waals surface area contributed by atoms with Gasteiger partial charge in [-0.2, -0.15) is 11.3 Å². The van der Waals surface area contributed by atoms with Crippen molar-refractivity contribution < 1.29 is 4.79 Å². The van der Waals surface area contributed by atoms with Crippen molar-refractivity contribution in [3.63, 3.8) is 0 Å². The average Bonchev–Trinajstić information content (AvgIpc) is 2.66. The Morgan fingerprint density at radius 3 is 3.29 bits per heavy atom. The molecule has 76 valence electrons. The zero-order chi connectivity index (χ0) is 9.97. The minimum absolute atomic E-state index is 0.0256. The topological polar surface area (TPSA) is 32.3 Å². The first-order valence-electron chi connectivity index (χ1n) is 4.80. The van der Waals surface area contributed by atoms with Crippen LogP contribution < -0.4 is 5.32 Å². The van der Waals surface area contributed by atoms with E-state index in [4.69, 9.17) is 0 Å². The summed E-state index contributed by atoms with van der Waals surface area (Å²) in [4.78, 5) is 13.6. The van der Waals surface area contributed by atoms with E-state index in [1.54, 1.807) is 11.3 Å². The molecule has 1 fully saturated rings. The first-order valence-corrected chi connectivity index (χ1v) is 5.75. The Balaban J connectivity index is 2.00. The van der Waals surface area contributed by atoms with Crippen molar-refractivity contribution in [1.29, 1.82) is 0 Å². The zero-order valence-electron chi connectivity index (χ0n) is 8.19. The standard InChI is InChI=1S/C10H14N2OS/c1-8-10(13)12(4-3-11-8)6-9-2-5-14-7-9/h2,5,7-8,11H,3-4,6H2,1H3. The molecule has 2 rings (SSSR count). The minimum Gasteiger partial charge on any atom is -0.336 e. The molecule has 2 heterocycles. The maximum atomic E-state index is 11.7. The van der Waals surface area contributed by atoms with Crippen molar-refractivity contribution in [1.82, 2.24) is 10.2 Å². The Kier molecular flexibility index (Phi) is 2.84. The highest BCUT2D eigenvalue weighted by molar-refractivity contribution is 7.07. The molecule has 1 N–H and O–H groups in total. The van der Waals surface area contributed by atoms with Gasteiger partial charge >= 0.3 is 0 Å². The number of nitrogens with one attached hydrogen (secondary N) is 1. The summed E-state index contributed by atoms with van der Waals surface area (Å²) in [5.41, 5.74) is 1.23. The van der Waals surface area contributed by atoms with E-state index < -0.39 is 0 Å². The van der Waals surface area contributed by atoms with Gasteiger partial charge in [-0.25, -0.2) is 0 Å². The summed E-state index contributed by atoms with van der Waals surface area (Å²) in [6.07, 6.45) is 0. The van der Waals surface area contributed by atoms with Crippen LogP contribution in [0.3, 0.4) is 0 Å². The van der Waals surface area contributed by atoms with E-state index in [0.717, 1.165) is 19.6 Å². The van der Waals surface area contributed by atoms with Crippen molar-refractivity contribution in [3.05, 3.63) is 22.4 Å². The van der Waals surface area contributed by atoms with Gasteiger partial charge in [-0.15, -0.1) is 0 Å². The molecule has 14 heavy (non-hydrogen) atoms. The molecule has 1 saturated heterocycles. The number of hydrogen-bond donors (Lipinski definition) is 1. The molecule has 4 heteroatoms. The third kappa shape index (κ3) is 1.96. The average molecular weight is 210 g/mol. The molecular formula is C10H14N2OS. The third-order valence-electron chi connectivity index (χ3n) is 2.47. The number of carbonyl (C=O) groups is 1. The Morgan fingerprint density at radius 2 is 2.57 bits per heavy atom. The molecule has 0 aliphatic carbocycles. The van der Waals surface area contributed by atoms with E-state index in [0.29, 0.717) is 0 Å². The third-order valence-corrected chi connectivity index (χ3v) is 3.20. The molecule has 1 aliphatic heterocycles. The number of nitrogens with zero attached hydrogens (tertiary/aromatic N) is 1. The molecule has 1 atom stereocenters. The van der Waals surface area contributed by atoms with Crippen LogP contribution in [0, 0.1) is 0 Å². The van der Waals surface area contributed by atoms with Crippen LogP contribution in [0.4, 0.5) is 0 Å². The number of thiophene rings is 1. The Labute approximate surface area is 87.7 Å². The Hall–Kier alpha value is -0.870. The van der Waals surface area contributed by atoms with Gasteiger partial charge in [0.05, 0.1) is 6.04 Å². The van der Waals surface area contributed by atoms with Crippen LogP contribution in [0.5, 0.6) is 0 Å². The summed E-state index contributed by atoms with van der Waals surface area (Å²) in [5, 5.41) is 7.30. The van der Waals surface area contributed by atoms with Crippen molar-refractivity contribution in [2.75, 3.05) is 13.1 Å². The highest BCUT2D eigenvalue weighted by atomic mass is 32.1. The van der Waals surface area contributed by atoms with Crippen molar-refractivity contribution >= 4 is 17.2 Å². The summed E-state index contributed by atoms with van der Waals surface area (Å²) >= 11 is 1.68. The Morgan fingerprint density at radius 1 is 1.71 bits per heavy atom. The fourth-order valence-corrected chi connectivity index (χ4v) is 2.31.